The topological polar surface area (TPSA) is 51.2 Å². The van der Waals surface area contributed by atoms with Crippen LogP contribution in [-0.2, 0) is 14.2 Å². The number of aliphatic hydroxyl groups is 1. The molecule has 1 aliphatic rings. The second kappa shape index (κ2) is 9.79. The van der Waals surface area contributed by atoms with Gasteiger partial charge >= 0.3 is 0 Å². The zero-order valence-corrected chi connectivity index (χ0v) is 10.8. The van der Waals surface area contributed by atoms with Gasteiger partial charge in [-0.05, 0) is 19.4 Å². The molecule has 1 saturated heterocycles. The van der Waals surface area contributed by atoms with Crippen LogP contribution in [0.1, 0.15) is 12.8 Å². The number of hydrogen-bond donors (Lipinski definition) is 1. The minimum atomic E-state index is 0.264. The average molecular weight is 247 g/mol. The number of likely N-dealkylation sites (tertiary alicyclic amines) is 1. The molecule has 0 amide bonds. The Morgan fingerprint density at radius 2 is 1.82 bits per heavy atom. The highest BCUT2D eigenvalue weighted by molar-refractivity contribution is 4.77. The van der Waals surface area contributed by atoms with Crippen molar-refractivity contribution in [2.24, 2.45) is 0 Å². The molecule has 1 N–H and O–H groups in total. The molecule has 0 saturated carbocycles. The highest BCUT2D eigenvalue weighted by Crippen LogP contribution is 2.15. The third kappa shape index (κ3) is 6.33. The lowest BCUT2D eigenvalue weighted by Gasteiger charge is -2.22. The third-order valence-electron chi connectivity index (χ3n) is 3.04. The standard InChI is InChI=1S/C12H25NO4/c1-15-7-8-17-10-9-16-6-5-13-4-2-3-12(13)11-14/h12,14H,2-11H2,1H3. The maximum absolute atomic E-state index is 9.15. The summed E-state index contributed by atoms with van der Waals surface area (Å²) in [5, 5.41) is 9.15. The summed E-state index contributed by atoms with van der Waals surface area (Å²) in [6.07, 6.45) is 2.29. The quantitative estimate of drug-likeness (QED) is 0.556. The second-order valence-corrected chi connectivity index (χ2v) is 4.23. The highest BCUT2D eigenvalue weighted by atomic mass is 16.5. The Labute approximate surface area is 104 Å². The van der Waals surface area contributed by atoms with Crippen LogP contribution in [-0.4, -0.2) is 75.9 Å². The van der Waals surface area contributed by atoms with Crippen LogP contribution in [0.2, 0.25) is 0 Å². The Morgan fingerprint density at radius 3 is 2.53 bits per heavy atom. The van der Waals surface area contributed by atoms with Crippen molar-refractivity contribution in [2.75, 3.05) is 59.8 Å². The first kappa shape index (κ1) is 14.9. The van der Waals surface area contributed by atoms with Gasteiger partial charge in [0, 0.05) is 19.7 Å². The fourth-order valence-corrected chi connectivity index (χ4v) is 2.04. The summed E-state index contributed by atoms with van der Waals surface area (Å²) in [5.41, 5.74) is 0. The monoisotopic (exact) mass is 247 g/mol. The smallest absolute Gasteiger partial charge is 0.0701 e. The van der Waals surface area contributed by atoms with Crippen LogP contribution in [0.5, 0.6) is 0 Å². The highest BCUT2D eigenvalue weighted by Gasteiger charge is 2.22. The summed E-state index contributed by atoms with van der Waals surface area (Å²) in [6.45, 7) is 5.46. The van der Waals surface area contributed by atoms with Crippen LogP contribution < -0.4 is 0 Å². The maximum atomic E-state index is 9.15. The summed E-state index contributed by atoms with van der Waals surface area (Å²) in [7, 11) is 1.66. The Balaban J connectivity index is 1.87. The summed E-state index contributed by atoms with van der Waals surface area (Å²) in [6, 6.07) is 0.344. The predicted octanol–water partition coefficient (Wildman–Crippen LogP) is 0.123. The average Bonchev–Trinajstić information content (AvgIpc) is 2.80. The van der Waals surface area contributed by atoms with E-state index in [4.69, 9.17) is 19.3 Å². The molecule has 1 heterocycles. The minimum Gasteiger partial charge on any atom is -0.395 e. The van der Waals surface area contributed by atoms with Crippen molar-refractivity contribution in [1.82, 2.24) is 4.90 Å². The first-order chi connectivity index (χ1) is 8.38. The summed E-state index contributed by atoms with van der Waals surface area (Å²) < 4.78 is 15.6. The van der Waals surface area contributed by atoms with Crippen molar-refractivity contribution in [1.29, 1.82) is 0 Å². The van der Waals surface area contributed by atoms with Crippen LogP contribution in [0.15, 0.2) is 0 Å². The molecule has 1 aliphatic heterocycles. The fraction of sp³-hybridized carbons (Fsp3) is 1.00. The maximum Gasteiger partial charge on any atom is 0.0701 e. The van der Waals surface area contributed by atoms with E-state index in [1.54, 1.807) is 7.11 Å². The van der Waals surface area contributed by atoms with Crippen molar-refractivity contribution < 1.29 is 19.3 Å². The van der Waals surface area contributed by atoms with Crippen LogP contribution in [0.4, 0.5) is 0 Å². The molecular formula is C12H25NO4. The van der Waals surface area contributed by atoms with Gasteiger partial charge in [-0.1, -0.05) is 0 Å². The molecule has 1 fully saturated rings. The van der Waals surface area contributed by atoms with E-state index in [-0.39, 0.29) is 6.61 Å². The lowest BCUT2D eigenvalue weighted by Crippen LogP contribution is -2.35. The molecule has 0 aromatic heterocycles. The zero-order valence-electron chi connectivity index (χ0n) is 10.8. The largest absolute Gasteiger partial charge is 0.395 e. The van der Waals surface area contributed by atoms with E-state index in [2.05, 4.69) is 4.90 Å². The van der Waals surface area contributed by atoms with Gasteiger partial charge in [0.15, 0.2) is 0 Å². The van der Waals surface area contributed by atoms with Gasteiger partial charge in [0.2, 0.25) is 0 Å². The van der Waals surface area contributed by atoms with Gasteiger partial charge in [-0.25, -0.2) is 0 Å². The molecule has 0 radical (unpaired) electrons. The van der Waals surface area contributed by atoms with Gasteiger partial charge in [0.1, 0.15) is 0 Å². The van der Waals surface area contributed by atoms with Gasteiger partial charge < -0.3 is 19.3 Å². The lowest BCUT2D eigenvalue weighted by atomic mass is 10.2. The number of rotatable bonds is 10. The van der Waals surface area contributed by atoms with Crippen LogP contribution in [0.3, 0.4) is 0 Å². The number of methoxy groups -OCH3 is 1. The van der Waals surface area contributed by atoms with Gasteiger partial charge in [0.25, 0.3) is 0 Å². The van der Waals surface area contributed by atoms with E-state index in [0.29, 0.717) is 39.1 Å². The third-order valence-corrected chi connectivity index (χ3v) is 3.04. The summed E-state index contributed by atoms with van der Waals surface area (Å²) >= 11 is 0. The van der Waals surface area contributed by atoms with Crippen molar-refractivity contribution in [2.45, 2.75) is 18.9 Å². The van der Waals surface area contributed by atoms with Gasteiger partial charge in [-0.15, -0.1) is 0 Å². The Morgan fingerprint density at radius 1 is 1.12 bits per heavy atom. The summed E-state index contributed by atoms with van der Waals surface area (Å²) in [5.74, 6) is 0. The van der Waals surface area contributed by atoms with Crippen molar-refractivity contribution >= 4 is 0 Å². The lowest BCUT2D eigenvalue weighted by molar-refractivity contribution is 0.0171. The van der Waals surface area contributed by atoms with Crippen molar-refractivity contribution in [3.05, 3.63) is 0 Å². The molecule has 0 bridgehead atoms. The molecule has 0 aliphatic carbocycles. The molecule has 1 rings (SSSR count). The minimum absolute atomic E-state index is 0.264. The van der Waals surface area contributed by atoms with E-state index in [1.165, 1.54) is 6.42 Å². The number of ether oxygens (including phenoxy) is 3. The van der Waals surface area contributed by atoms with Crippen molar-refractivity contribution in [3.8, 4) is 0 Å². The first-order valence-electron chi connectivity index (χ1n) is 6.38. The van der Waals surface area contributed by atoms with Gasteiger partial charge in [0.05, 0.1) is 39.6 Å². The van der Waals surface area contributed by atoms with E-state index < -0.39 is 0 Å². The zero-order chi connectivity index (χ0) is 12.3. The van der Waals surface area contributed by atoms with Gasteiger partial charge in [-0.2, -0.15) is 0 Å². The molecule has 0 aromatic rings. The Kier molecular flexibility index (Phi) is 8.56. The van der Waals surface area contributed by atoms with Crippen molar-refractivity contribution in [3.63, 3.8) is 0 Å². The van der Waals surface area contributed by atoms with E-state index in [1.807, 2.05) is 0 Å². The van der Waals surface area contributed by atoms with E-state index >= 15 is 0 Å². The predicted molar refractivity (Wildman–Crippen MR) is 65.2 cm³/mol. The second-order valence-electron chi connectivity index (χ2n) is 4.23. The number of aliphatic hydroxyl groups excluding tert-OH is 1. The SMILES string of the molecule is COCCOCCOCCN1CCCC1CO. The fourth-order valence-electron chi connectivity index (χ4n) is 2.04. The van der Waals surface area contributed by atoms with E-state index in [9.17, 15) is 0 Å². The first-order valence-corrected chi connectivity index (χ1v) is 6.38. The molecule has 0 spiro atoms. The molecule has 0 aromatic carbocycles. The Hall–Kier alpha value is -0.200. The number of hydrogen-bond acceptors (Lipinski definition) is 5. The molecule has 102 valence electrons. The summed E-state index contributed by atoms with van der Waals surface area (Å²) in [4.78, 5) is 2.30. The van der Waals surface area contributed by atoms with Crippen LogP contribution in [0, 0.1) is 0 Å². The molecule has 1 atom stereocenters. The molecule has 5 nitrogen and oxygen atoms in total. The van der Waals surface area contributed by atoms with Crippen LogP contribution in [0.25, 0.3) is 0 Å². The number of nitrogens with zero attached hydrogens (tertiary/aromatic N) is 1. The van der Waals surface area contributed by atoms with Gasteiger partial charge in [-0.3, -0.25) is 4.90 Å². The van der Waals surface area contributed by atoms with E-state index in [0.717, 1.165) is 19.5 Å². The molecule has 1 unspecified atom stereocenters. The molecule has 17 heavy (non-hydrogen) atoms. The Bertz CT molecular complexity index is 180. The molecular weight excluding hydrogens is 222 g/mol. The van der Waals surface area contributed by atoms with Crippen LogP contribution >= 0.6 is 0 Å². The molecule has 5 heteroatoms. The normalized spacial score (nSPS) is 21.2.